The lowest BCUT2D eigenvalue weighted by atomic mass is 10.1. The van der Waals surface area contributed by atoms with E-state index in [-0.39, 0.29) is 6.61 Å². The quantitative estimate of drug-likeness (QED) is 0.868. The topological polar surface area (TPSA) is 78.2 Å². The van der Waals surface area contributed by atoms with Crippen LogP contribution in [-0.4, -0.2) is 17.2 Å². The van der Waals surface area contributed by atoms with Crippen molar-refractivity contribution in [2.75, 3.05) is 12.4 Å². The largest absolute Gasteiger partial charge is 0.495 e. The Bertz CT molecular complexity index is 635. The van der Waals surface area contributed by atoms with E-state index >= 15 is 0 Å². The number of aliphatic hydroxyl groups excluding tert-OH is 1. The van der Waals surface area contributed by atoms with Gasteiger partial charge in [0, 0.05) is 18.3 Å². The molecular weight excluding hydrogens is 254 g/mol. The van der Waals surface area contributed by atoms with Gasteiger partial charge in [-0.1, -0.05) is 6.07 Å². The number of nitrogens with zero attached hydrogens (tertiary/aromatic N) is 2. The molecule has 5 heteroatoms. The van der Waals surface area contributed by atoms with Crippen LogP contribution in [0.1, 0.15) is 16.7 Å². The van der Waals surface area contributed by atoms with Gasteiger partial charge in [0.15, 0.2) is 0 Å². The second-order valence-corrected chi connectivity index (χ2v) is 4.19. The highest BCUT2D eigenvalue weighted by Gasteiger charge is 2.05. The molecule has 0 aliphatic rings. The van der Waals surface area contributed by atoms with Gasteiger partial charge in [0.25, 0.3) is 0 Å². The van der Waals surface area contributed by atoms with E-state index in [0.29, 0.717) is 17.9 Å². The number of aromatic nitrogens is 1. The summed E-state index contributed by atoms with van der Waals surface area (Å²) in [5.41, 5.74) is 3.02. The molecule has 0 amide bonds. The van der Waals surface area contributed by atoms with E-state index in [1.165, 1.54) is 7.11 Å². The first-order valence-corrected chi connectivity index (χ1v) is 6.13. The highest BCUT2D eigenvalue weighted by atomic mass is 16.5. The monoisotopic (exact) mass is 269 g/mol. The lowest BCUT2D eigenvalue weighted by Gasteiger charge is -2.11. The highest BCUT2D eigenvalue weighted by Crippen LogP contribution is 2.20. The van der Waals surface area contributed by atoms with Crippen LogP contribution in [0.4, 0.5) is 5.69 Å². The molecule has 1 aromatic carbocycles. The Labute approximate surface area is 117 Å². The maximum absolute atomic E-state index is 9.24. The fraction of sp³-hybridized carbons (Fsp3) is 0.200. The predicted molar refractivity (Wildman–Crippen MR) is 75.2 cm³/mol. The number of rotatable bonds is 5. The zero-order valence-electron chi connectivity index (χ0n) is 11.1. The van der Waals surface area contributed by atoms with Crippen LogP contribution in [0.25, 0.3) is 0 Å². The molecule has 0 fully saturated rings. The van der Waals surface area contributed by atoms with Gasteiger partial charge in [0.2, 0.25) is 0 Å². The molecular formula is C15H15N3O2. The van der Waals surface area contributed by atoms with Crippen molar-refractivity contribution < 1.29 is 9.84 Å². The summed E-state index contributed by atoms with van der Waals surface area (Å²) in [6, 6.07) is 9.30. The normalized spacial score (nSPS) is 9.85. The molecule has 0 spiro atoms. The summed E-state index contributed by atoms with van der Waals surface area (Å²) < 4.78 is 5.10. The van der Waals surface area contributed by atoms with Gasteiger partial charge in [-0.15, -0.1) is 0 Å². The smallest absolute Gasteiger partial charge is 0.136 e. The molecule has 0 atom stereocenters. The average Bonchev–Trinajstić information content (AvgIpc) is 2.52. The molecule has 0 saturated heterocycles. The molecule has 0 unspecified atom stereocenters. The number of hydrogen-bond donors (Lipinski definition) is 2. The van der Waals surface area contributed by atoms with Crippen LogP contribution in [0.5, 0.6) is 5.75 Å². The van der Waals surface area contributed by atoms with Crippen molar-refractivity contribution in [2.45, 2.75) is 13.2 Å². The van der Waals surface area contributed by atoms with Crippen molar-refractivity contribution in [1.82, 2.24) is 4.98 Å². The van der Waals surface area contributed by atoms with E-state index in [1.807, 2.05) is 6.07 Å². The second-order valence-electron chi connectivity index (χ2n) is 4.19. The SMILES string of the molecule is COc1ccc(CNc2cnccc2CO)cc1C#N. The van der Waals surface area contributed by atoms with Crippen molar-refractivity contribution in [3.8, 4) is 11.8 Å². The maximum atomic E-state index is 9.24. The minimum Gasteiger partial charge on any atom is -0.495 e. The van der Waals surface area contributed by atoms with Crippen molar-refractivity contribution in [3.05, 3.63) is 53.3 Å². The van der Waals surface area contributed by atoms with E-state index in [0.717, 1.165) is 16.8 Å². The van der Waals surface area contributed by atoms with Crippen LogP contribution in [0.15, 0.2) is 36.7 Å². The first kappa shape index (κ1) is 13.8. The van der Waals surface area contributed by atoms with Gasteiger partial charge in [0.1, 0.15) is 11.8 Å². The summed E-state index contributed by atoms with van der Waals surface area (Å²) in [5.74, 6) is 0.564. The molecule has 2 rings (SSSR count). The number of nitrogens with one attached hydrogen (secondary N) is 1. The van der Waals surface area contributed by atoms with Crippen LogP contribution in [0.2, 0.25) is 0 Å². The predicted octanol–water partition coefficient (Wildman–Crippen LogP) is 2.07. The lowest BCUT2D eigenvalue weighted by molar-refractivity contribution is 0.282. The van der Waals surface area contributed by atoms with E-state index in [9.17, 15) is 5.11 Å². The third-order valence-electron chi connectivity index (χ3n) is 2.95. The van der Waals surface area contributed by atoms with Gasteiger partial charge in [-0.05, 0) is 23.8 Å². The molecule has 1 aromatic heterocycles. The summed E-state index contributed by atoms with van der Waals surface area (Å²) >= 11 is 0. The van der Waals surface area contributed by atoms with Crippen LogP contribution in [0, 0.1) is 11.3 Å². The molecule has 0 saturated carbocycles. The maximum Gasteiger partial charge on any atom is 0.136 e. The number of methoxy groups -OCH3 is 1. The third-order valence-corrected chi connectivity index (χ3v) is 2.95. The fourth-order valence-electron chi connectivity index (χ4n) is 1.87. The number of hydrogen-bond acceptors (Lipinski definition) is 5. The minimum absolute atomic E-state index is 0.0447. The molecule has 102 valence electrons. The molecule has 0 radical (unpaired) electrons. The number of nitriles is 1. The zero-order valence-corrected chi connectivity index (χ0v) is 11.1. The molecule has 0 aliphatic carbocycles. The summed E-state index contributed by atoms with van der Waals surface area (Å²) in [5, 5.41) is 21.5. The Balaban J connectivity index is 2.13. The Kier molecular flexibility index (Phi) is 4.53. The Morgan fingerprint density at radius 3 is 2.95 bits per heavy atom. The van der Waals surface area contributed by atoms with Crippen LogP contribution >= 0.6 is 0 Å². The average molecular weight is 269 g/mol. The summed E-state index contributed by atoms with van der Waals surface area (Å²) in [4.78, 5) is 4.02. The molecule has 0 bridgehead atoms. The van der Waals surface area contributed by atoms with Crippen LogP contribution < -0.4 is 10.1 Å². The standard InChI is InChI=1S/C15H15N3O2/c1-20-15-3-2-11(6-13(15)7-16)8-18-14-9-17-5-4-12(14)10-19/h2-6,9,18-19H,8,10H2,1H3. The minimum atomic E-state index is -0.0447. The van der Waals surface area contributed by atoms with Crippen molar-refractivity contribution in [2.24, 2.45) is 0 Å². The molecule has 2 N–H and O–H groups in total. The number of benzene rings is 1. The molecule has 5 nitrogen and oxygen atoms in total. The van der Waals surface area contributed by atoms with E-state index < -0.39 is 0 Å². The van der Waals surface area contributed by atoms with Crippen molar-refractivity contribution in [3.63, 3.8) is 0 Å². The van der Waals surface area contributed by atoms with Crippen molar-refractivity contribution >= 4 is 5.69 Å². The number of pyridine rings is 1. The summed E-state index contributed by atoms with van der Waals surface area (Å²) in [6.07, 6.45) is 3.30. The summed E-state index contributed by atoms with van der Waals surface area (Å²) in [7, 11) is 1.54. The third kappa shape index (κ3) is 3.05. The Morgan fingerprint density at radius 1 is 1.40 bits per heavy atom. The van der Waals surface area contributed by atoms with E-state index in [1.54, 1.807) is 30.6 Å². The zero-order chi connectivity index (χ0) is 14.4. The first-order valence-electron chi connectivity index (χ1n) is 6.13. The van der Waals surface area contributed by atoms with E-state index in [2.05, 4.69) is 16.4 Å². The van der Waals surface area contributed by atoms with Gasteiger partial charge in [-0.25, -0.2) is 0 Å². The number of anilines is 1. The lowest BCUT2D eigenvalue weighted by Crippen LogP contribution is -2.03. The molecule has 2 aromatic rings. The van der Waals surface area contributed by atoms with Crippen LogP contribution in [0.3, 0.4) is 0 Å². The summed E-state index contributed by atoms with van der Waals surface area (Å²) in [6.45, 7) is 0.494. The Morgan fingerprint density at radius 2 is 2.25 bits per heavy atom. The number of ether oxygens (including phenoxy) is 1. The van der Waals surface area contributed by atoms with Crippen molar-refractivity contribution in [1.29, 1.82) is 5.26 Å². The molecule has 1 heterocycles. The van der Waals surface area contributed by atoms with E-state index in [4.69, 9.17) is 10.00 Å². The Hall–Kier alpha value is -2.58. The second kappa shape index (κ2) is 6.55. The molecule has 20 heavy (non-hydrogen) atoms. The first-order chi connectivity index (χ1) is 9.78. The van der Waals surface area contributed by atoms with Gasteiger partial charge in [-0.3, -0.25) is 4.98 Å². The highest BCUT2D eigenvalue weighted by molar-refractivity contribution is 5.50. The number of aliphatic hydroxyl groups is 1. The molecule has 0 aliphatic heterocycles. The van der Waals surface area contributed by atoms with Gasteiger partial charge >= 0.3 is 0 Å². The van der Waals surface area contributed by atoms with Gasteiger partial charge < -0.3 is 15.2 Å². The fourth-order valence-corrected chi connectivity index (χ4v) is 1.87. The van der Waals surface area contributed by atoms with Crippen LogP contribution in [-0.2, 0) is 13.2 Å². The van der Waals surface area contributed by atoms with Gasteiger partial charge in [0.05, 0.1) is 31.2 Å². The van der Waals surface area contributed by atoms with Gasteiger partial charge in [-0.2, -0.15) is 5.26 Å².